The smallest absolute Gasteiger partial charge is 0.307 e. The van der Waals surface area contributed by atoms with Gasteiger partial charge in [0.15, 0.2) is 0 Å². The molecular formula is C12H18BrNO2S. The van der Waals surface area contributed by atoms with Crippen LogP contribution in [0.5, 0.6) is 0 Å². The van der Waals surface area contributed by atoms with Crippen LogP contribution in [0, 0.1) is 0 Å². The van der Waals surface area contributed by atoms with Crippen LogP contribution >= 0.6 is 27.3 Å². The number of ether oxygens (including phenoxy) is 1. The molecule has 0 unspecified atom stereocenters. The van der Waals surface area contributed by atoms with Crippen LogP contribution < -0.4 is 5.32 Å². The minimum Gasteiger partial charge on any atom is -0.460 e. The van der Waals surface area contributed by atoms with Gasteiger partial charge in [-0.1, -0.05) is 0 Å². The average molecular weight is 320 g/mol. The molecule has 0 saturated carbocycles. The van der Waals surface area contributed by atoms with Crippen molar-refractivity contribution in [3.05, 3.63) is 20.8 Å². The molecule has 96 valence electrons. The Hall–Kier alpha value is -0.390. The minimum atomic E-state index is -0.393. The van der Waals surface area contributed by atoms with Crippen LogP contribution in [-0.4, -0.2) is 18.1 Å². The standard InChI is InChI=1S/C12H18BrNO2S/c1-12(2,3)16-11(15)6-7-14-8-9-4-5-10(13)17-9/h4-5,14H,6-8H2,1-3H3. The summed E-state index contributed by atoms with van der Waals surface area (Å²) in [5, 5.41) is 3.22. The van der Waals surface area contributed by atoms with E-state index in [0.717, 1.165) is 10.3 Å². The lowest BCUT2D eigenvalue weighted by molar-refractivity contribution is -0.154. The predicted octanol–water partition coefficient (Wildman–Crippen LogP) is 3.33. The fraction of sp³-hybridized carbons (Fsp3) is 0.583. The number of halogens is 1. The van der Waals surface area contributed by atoms with Crippen molar-refractivity contribution in [2.75, 3.05) is 6.54 Å². The van der Waals surface area contributed by atoms with E-state index in [1.165, 1.54) is 4.88 Å². The van der Waals surface area contributed by atoms with Gasteiger partial charge in [-0.3, -0.25) is 4.79 Å². The van der Waals surface area contributed by atoms with Crippen molar-refractivity contribution in [3.8, 4) is 0 Å². The number of carbonyl (C=O) groups is 1. The third-order valence-electron chi connectivity index (χ3n) is 1.85. The fourth-order valence-electron chi connectivity index (χ4n) is 1.24. The first kappa shape index (κ1) is 14.7. The predicted molar refractivity (Wildman–Crippen MR) is 74.2 cm³/mol. The topological polar surface area (TPSA) is 38.3 Å². The van der Waals surface area contributed by atoms with Gasteiger partial charge in [0.25, 0.3) is 0 Å². The molecule has 0 radical (unpaired) electrons. The second-order valence-corrected chi connectivity index (χ2v) is 7.27. The van der Waals surface area contributed by atoms with E-state index in [9.17, 15) is 4.79 Å². The lowest BCUT2D eigenvalue weighted by Gasteiger charge is -2.19. The first-order valence-electron chi connectivity index (χ1n) is 5.53. The Labute approximate surface area is 115 Å². The number of thiophene rings is 1. The van der Waals surface area contributed by atoms with E-state index in [2.05, 4.69) is 27.3 Å². The Kier molecular flexibility index (Phi) is 5.62. The van der Waals surface area contributed by atoms with Crippen molar-refractivity contribution in [3.63, 3.8) is 0 Å². The van der Waals surface area contributed by atoms with Gasteiger partial charge in [0.1, 0.15) is 5.60 Å². The molecule has 0 atom stereocenters. The largest absolute Gasteiger partial charge is 0.460 e. The molecule has 0 aliphatic heterocycles. The highest BCUT2D eigenvalue weighted by Crippen LogP contribution is 2.21. The van der Waals surface area contributed by atoms with Gasteiger partial charge in [0.05, 0.1) is 10.2 Å². The maximum absolute atomic E-state index is 11.4. The number of hydrogen-bond donors (Lipinski definition) is 1. The van der Waals surface area contributed by atoms with Crippen LogP contribution in [0.3, 0.4) is 0 Å². The van der Waals surface area contributed by atoms with Crippen LogP contribution in [0.15, 0.2) is 15.9 Å². The minimum absolute atomic E-state index is 0.155. The molecule has 3 nitrogen and oxygen atoms in total. The molecule has 17 heavy (non-hydrogen) atoms. The highest BCUT2D eigenvalue weighted by molar-refractivity contribution is 9.11. The zero-order valence-electron chi connectivity index (χ0n) is 10.4. The maximum Gasteiger partial charge on any atom is 0.307 e. The molecule has 0 aliphatic carbocycles. The first-order valence-corrected chi connectivity index (χ1v) is 7.14. The first-order chi connectivity index (χ1) is 7.87. The molecule has 0 saturated heterocycles. The van der Waals surface area contributed by atoms with E-state index >= 15 is 0 Å². The van der Waals surface area contributed by atoms with Crippen molar-refractivity contribution in [2.45, 2.75) is 39.3 Å². The van der Waals surface area contributed by atoms with Crippen molar-refractivity contribution in [1.29, 1.82) is 0 Å². The molecule has 1 aromatic rings. The molecule has 1 aromatic heterocycles. The third kappa shape index (κ3) is 6.81. The van der Waals surface area contributed by atoms with Crippen molar-refractivity contribution < 1.29 is 9.53 Å². The average Bonchev–Trinajstić information content (AvgIpc) is 2.56. The van der Waals surface area contributed by atoms with Gasteiger partial charge in [0, 0.05) is 18.0 Å². The molecule has 0 aromatic carbocycles. The summed E-state index contributed by atoms with van der Waals surface area (Å²) in [5.41, 5.74) is -0.393. The number of esters is 1. The lowest BCUT2D eigenvalue weighted by atomic mass is 10.2. The van der Waals surface area contributed by atoms with Gasteiger partial charge in [0.2, 0.25) is 0 Å². The SMILES string of the molecule is CC(C)(C)OC(=O)CCNCc1ccc(Br)s1. The van der Waals surface area contributed by atoms with E-state index < -0.39 is 5.60 Å². The van der Waals surface area contributed by atoms with E-state index in [0.29, 0.717) is 13.0 Å². The van der Waals surface area contributed by atoms with Crippen LogP contribution in [0.25, 0.3) is 0 Å². The Balaban J connectivity index is 2.14. The summed E-state index contributed by atoms with van der Waals surface area (Å²) in [7, 11) is 0. The summed E-state index contributed by atoms with van der Waals surface area (Å²) in [6.07, 6.45) is 0.407. The molecule has 0 aliphatic rings. The van der Waals surface area contributed by atoms with Crippen LogP contribution in [0.2, 0.25) is 0 Å². The Morgan fingerprint density at radius 3 is 2.71 bits per heavy atom. The number of rotatable bonds is 5. The molecule has 5 heteroatoms. The van der Waals surface area contributed by atoms with Crippen molar-refractivity contribution >= 4 is 33.2 Å². The molecule has 0 fully saturated rings. The molecular weight excluding hydrogens is 302 g/mol. The molecule has 0 spiro atoms. The summed E-state index contributed by atoms with van der Waals surface area (Å²) in [6.45, 7) is 7.06. The van der Waals surface area contributed by atoms with Crippen molar-refractivity contribution in [1.82, 2.24) is 5.32 Å². The van der Waals surface area contributed by atoms with Gasteiger partial charge in [-0.05, 0) is 48.8 Å². The summed E-state index contributed by atoms with van der Waals surface area (Å²) < 4.78 is 6.34. The highest BCUT2D eigenvalue weighted by Gasteiger charge is 2.15. The van der Waals surface area contributed by atoms with E-state index in [1.54, 1.807) is 11.3 Å². The number of carbonyl (C=O) groups excluding carboxylic acids is 1. The normalized spacial score (nSPS) is 11.5. The molecule has 0 amide bonds. The van der Waals surface area contributed by atoms with Gasteiger partial charge in [-0.25, -0.2) is 0 Å². The number of nitrogens with one attached hydrogen (secondary N) is 1. The third-order valence-corrected chi connectivity index (χ3v) is 3.48. The zero-order valence-corrected chi connectivity index (χ0v) is 12.8. The Bertz CT molecular complexity index is 371. The van der Waals surface area contributed by atoms with E-state index in [-0.39, 0.29) is 5.97 Å². The molecule has 1 rings (SSSR count). The van der Waals surface area contributed by atoms with Gasteiger partial charge < -0.3 is 10.1 Å². The second kappa shape index (κ2) is 6.52. The second-order valence-electron chi connectivity index (χ2n) is 4.72. The maximum atomic E-state index is 11.4. The van der Waals surface area contributed by atoms with Gasteiger partial charge in [-0.15, -0.1) is 11.3 Å². The summed E-state index contributed by atoms with van der Waals surface area (Å²) in [6, 6.07) is 4.09. The zero-order chi connectivity index (χ0) is 12.9. The van der Waals surface area contributed by atoms with E-state index in [1.807, 2.05) is 26.8 Å². The van der Waals surface area contributed by atoms with Gasteiger partial charge >= 0.3 is 5.97 Å². The summed E-state index contributed by atoms with van der Waals surface area (Å²) in [4.78, 5) is 12.7. The van der Waals surface area contributed by atoms with Crippen molar-refractivity contribution in [2.24, 2.45) is 0 Å². The van der Waals surface area contributed by atoms with Crippen LogP contribution in [0.4, 0.5) is 0 Å². The Morgan fingerprint density at radius 2 is 2.18 bits per heavy atom. The lowest BCUT2D eigenvalue weighted by Crippen LogP contribution is -2.26. The molecule has 1 heterocycles. The monoisotopic (exact) mass is 319 g/mol. The van der Waals surface area contributed by atoms with Crippen LogP contribution in [-0.2, 0) is 16.1 Å². The number of hydrogen-bond acceptors (Lipinski definition) is 4. The highest BCUT2D eigenvalue weighted by atomic mass is 79.9. The van der Waals surface area contributed by atoms with Crippen LogP contribution in [0.1, 0.15) is 32.1 Å². The summed E-state index contributed by atoms with van der Waals surface area (Å²) >= 11 is 5.11. The molecule has 1 N–H and O–H groups in total. The molecule has 0 bridgehead atoms. The summed E-state index contributed by atoms with van der Waals surface area (Å²) in [5.74, 6) is -0.155. The fourth-order valence-corrected chi connectivity index (χ4v) is 2.69. The van der Waals surface area contributed by atoms with E-state index in [4.69, 9.17) is 4.74 Å². The quantitative estimate of drug-likeness (QED) is 0.668. The Morgan fingerprint density at radius 1 is 1.47 bits per heavy atom. The van der Waals surface area contributed by atoms with Gasteiger partial charge in [-0.2, -0.15) is 0 Å².